The number of methoxy groups -OCH3 is 1. The molecule has 1 heterocycles. The fourth-order valence-corrected chi connectivity index (χ4v) is 2.17. The third kappa shape index (κ3) is 4.06. The number of rotatable bonds is 7. The van der Waals surface area contributed by atoms with Gasteiger partial charge in [-0.05, 0) is 13.0 Å². The summed E-state index contributed by atoms with van der Waals surface area (Å²) in [6.45, 7) is 4.39. The van der Waals surface area contributed by atoms with Gasteiger partial charge in [-0.3, -0.25) is 0 Å². The van der Waals surface area contributed by atoms with E-state index in [4.69, 9.17) is 9.84 Å². The summed E-state index contributed by atoms with van der Waals surface area (Å²) in [6.07, 6.45) is 2.82. The Morgan fingerprint density at radius 1 is 1.40 bits per heavy atom. The molecule has 0 bridgehead atoms. The van der Waals surface area contributed by atoms with Crippen LogP contribution in [0.2, 0.25) is 0 Å². The van der Waals surface area contributed by atoms with E-state index in [1.165, 1.54) is 19.4 Å². The lowest BCUT2D eigenvalue weighted by molar-refractivity contribution is -0.132. The van der Waals surface area contributed by atoms with Crippen LogP contribution in [0.15, 0.2) is 23.9 Å². The maximum atomic E-state index is 10.9. The van der Waals surface area contributed by atoms with Crippen molar-refractivity contribution < 1.29 is 24.9 Å². The number of carbonyl (C=O) groups is 1. The number of aliphatic hydroxyl groups is 2. The molecule has 6 heteroatoms. The molecule has 0 spiro atoms. The van der Waals surface area contributed by atoms with Gasteiger partial charge in [0, 0.05) is 25.8 Å². The molecule has 3 N–H and O–H groups in total. The highest BCUT2D eigenvalue weighted by Gasteiger charge is 2.30. The van der Waals surface area contributed by atoms with Gasteiger partial charge in [0.25, 0.3) is 0 Å². The van der Waals surface area contributed by atoms with Gasteiger partial charge >= 0.3 is 5.97 Å². The summed E-state index contributed by atoms with van der Waals surface area (Å²) >= 11 is 0. The third-order valence-electron chi connectivity index (χ3n) is 3.55. The Kier molecular flexibility index (Phi) is 6.19. The maximum Gasteiger partial charge on any atom is 0.337 e. The molecule has 1 aliphatic heterocycles. The van der Waals surface area contributed by atoms with Crippen molar-refractivity contribution in [3.05, 3.63) is 23.9 Å². The van der Waals surface area contributed by atoms with Crippen molar-refractivity contribution in [1.82, 2.24) is 4.90 Å². The number of carboxylic acids is 1. The molecule has 1 rings (SSSR count). The summed E-state index contributed by atoms with van der Waals surface area (Å²) in [5.74, 6) is -1.22. The number of hydrogen-bond acceptors (Lipinski definition) is 5. The average Bonchev–Trinajstić information content (AvgIpc) is 2.45. The molecule has 2 unspecified atom stereocenters. The normalized spacial score (nSPS) is 21.1. The van der Waals surface area contributed by atoms with E-state index in [1.54, 1.807) is 24.8 Å². The Bertz CT molecular complexity index is 393. The van der Waals surface area contributed by atoms with Crippen molar-refractivity contribution in [2.75, 3.05) is 20.3 Å². The highest BCUT2D eigenvalue weighted by molar-refractivity contribution is 5.89. The first-order valence-electron chi connectivity index (χ1n) is 6.61. The number of carboxylic acid groups (broad SMARTS) is 1. The largest absolute Gasteiger partial charge is 0.478 e. The second-order valence-electron chi connectivity index (χ2n) is 5.14. The Morgan fingerprint density at radius 2 is 2.05 bits per heavy atom. The topological polar surface area (TPSA) is 90.2 Å². The SMILES string of the molecule is COCC(C)[C@@H](O)[C@@H](O)C(C)N1C=C(C(=O)O)C=CC1. The lowest BCUT2D eigenvalue weighted by atomic mass is 9.95. The molecular weight excluding hydrogens is 262 g/mol. The van der Waals surface area contributed by atoms with Gasteiger partial charge in [0.05, 0.1) is 24.3 Å². The molecule has 1 aliphatic rings. The van der Waals surface area contributed by atoms with Crippen LogP contribution in [-0.2, 0) is 9.53 Å². The summed E-state index contributed by atoms with van der Waals surface area (Å²) in [7, 11) is 1.54. The summed E-state index contributed by atoms with van der Waals surface area (Å²) in [5, 5.41) is 29.3. The molecular formula is C14H23NO5. The van der Waals surface area contributed by atoms with E-state index in [0.717, 1.165) is 0 Å². The van der Waals surface area contributed by atoms with Crippen molar-refractivity contribution in [2.45, 2.75) is 32.1 Å². The van der Waals surface area contributed by atoms with Gasteiger partial charge in [0.15, 0.2) is 0 Å². The van der Waals surface area contributed by atoms with Crippen LogP contribution in [0.3, 0.4) is 0 Å². The molecule has 0 saturated carbocycles. The summed E-state index contributed by atoms with van der Waals surface area (Å²) in [5.41, 5.74) is 0.162. The van der Waals surface area contributed by atoms with E-state index in [2.05, 4.69) is 0 Å². The number of aliphatic carboxylic acids is 1. The maximum absolute atomic E-state index is 10.9. The molecule has 0 amide bonds. The molecule has 0 aromatic rings. The first-order chi connectivity index (χ1) is 9.38. The fraction of sp³-hybridized carbons (Fsp3) is 0.643. The predicted molar refractivity (Wildman–Crippen MR) is 74.1 cm³/mol. The quantitative estimate of drug-likeness (QED) is 0.620. The van der Waals surface area contributed by atoms with Gasteiger partial charge < -0.3 is 25.0 Å². The molecule has 0 saturated heterocycles. The van der Waals surface area contributed by atoms with Crippen LogP contribution >= 0.6 is 0 Å². The van der Waals surface area contributed by atoms with Crippen LogP contribution in [0.1, 0.15) is 13.8 Å². The van der Waals surface area contributed by atoms with Crippen molar-refractivity contribution in [3.8, 4) is 0 Å². The number of nitrogens with zero attached hydrogens (tertiary/aromatic N) is 1. The fourth-order valence-electron chi connectivity index (χ4n) is 2.17. The van der Waals surface area contributed by atoms with Crippen LogP contribution in [0.25, 0.3) is 0 Å². The monoisotopic (exact) mass is 285 g/mol. The van der Waals surface area contributed by atoms with Gasteiger partial charge in [-0.25, -0.2) is 4.79 Å². The van der Waals surface area contributed by atoms with E-state index in [-0.39, 0.29) is 11.5 Å². The Labute approximate surface area is 119 Å². The second kappa shape index (κ2) is 7.42. The van der Waals surface area contributed by atoms with Crippen LogP contribution in [0.5, 0.6) is 0 Å². The van der Waals surface area contributed by atoms with Crippen molar-refractivity contribution in [1.29, 1.82) is 0 Å². The highest BCUT2D eigenvalue weighted by Crippen LogP contribution is 2.18. The first kappa shape index (κ1) is 16.7. The van der Waals surface area contributed by atoms with Crippen LogP contribution in [-0.4, -0.2) is 64.7 Å². The number of hydrogen-bond donors (Lipinski definition) is 3. The lowest BCUT2D eigenvalue weighted by Crippen LogP contribution is -2.48. The zero-order valence-electron chi connectivity index (χ0n) is 12.1. The van der Waals surface area contributed by atoms with E-state index >= 15 is 0 Å². The van der Waals surface area contributed by atoms with Crippen molar-refractivity contribution >= 4 is 5.97 Å². The van der Waals surface area contributed by atoms with Crippen LogP contribution in [0, 0.1) is 5.92 Å². The van der Waals surface area contributed by atoms with Gasteiger partial charge in [-0.15, -0.1) is 0 Å². The van der Waals surface area contributed by atoms with Gasteiger partial charge in [0.2, 0.25) is 0 Å². The number of ether oxygens (including phenoxy) is 1. The molecule has 0 aromatic carbocycles. The average molecular weight is 285 g/mol. The minimum Gasteiger partial charge on any atom is -0.478 e. The molecule has 0 aliphatic carbocycles. The van der Waals surface area contributed by atoms with E-state index in [1.807, 2.05) is 0 Å². The predicted octanol–water partition coefficient (Wildman–Crippen LogP) is 0.219. The zero-order valence-corrected chi connectivity index (χ0v) is 12.1. The third-order valence-corrected chi connectivity index (χ3v) is 3.55. The van der Waals surface area contributed by atoms with Gasteiger partial charge in [-0.1, -0.05) is 13.0 Å². The van der Waals surface area contributed by atoms with E-state index in [0.29, 0.717) is 13.2 Å². The first-order valence-corrected chi connectivity index (χ1v) is 6.61. The van der Waals surface area contributed by atoms with E-state index in [9.17, 15) is 15.0 Å². The second-order valence-corrected chi connectivity index (χ2v) is 5.14. The molecule has 0 fully saturated rings. The molecule has 4 atom stereocenters. The Balaban J connectivity index is 2.72. The summed E-state index contributed by atoms with van der Waals surface area (Å²) < 4.78 is 4.96. The summed E-state index contributed by atoms with van der Waals surface area (Å²) in [6, 6.07) is -0.399. The van der Waals surface area contributed by atoms with E-state index < -0.39 is 24.2 Å². The molecule has 0 aromatic heterocycles. The van der Waals surface area contributed by atoms with Crippen molar-refractivity contribution in [3.63, 3.8) is 0 Å². The molecule has 114 valence electrons. The highest BCUT2D eigenvalue weighted by atomic mass is 16.5. The van der Waals surface area contributed by atoms with Gasteiger partial charge in [-0.2, -0.15) is 0 Å². The minimum absolute atomic E-state index is 0.162. The smallest absolute Gasteiger partial charge is 0.337 e. The molecule has 20 heavy (non-hydrogen) atoms. The zero-order chi connectivity index (χ0) is 15.3. The van der Waals surface area contributed by atoms with Crippen LogP contribution < -0.4 is 0 Å². The minimum atomic E-state index is -1.01. The molecule has 6 nitrogen and oxygen atoms in total. The van der Waals surface area contributed by atoms with Crippen LogP contribution in [0.4, 0.5) is 0 Å². The van der Waals surface area contributed by atoms with Crippen molar-refractivity contribution in [2.24, 2.45) is 5.92 Å². The summed E-state index contributed by atoms with van der Waals surface area (Å²) in [4.78, 5) is 12.7. The standard InChI is InChI=1S/C14H23NO5/c1-9(8-20-3)12(16)13(17)10(2)15-6-4-5-11(7-15)14(18)19/h4-5,7,9-10,12-13,16-17H,6,8H2,1-3H3,(H,18,19)/t9?,10?,12-,13+/m1/s1. The lowest BCUT2D eigenvalue weighted by Gasteiger charge is -2.35. The Morgan fingerprint density at radius 3 is 2.60 bits per heavy atom. The number of aliphatic hydroxyl groups excluding tert-OH is 2. The molecule has 0 radical (unpaired) electrons. The Hall–Kier alpha value is -1.37. The van der Waals surface area contributed by atoms with Gasteiger partial charge in [0.1, 0.15) is 6.10 Å².